The van der Waals surface area contributed by atoms with E-state index in [1.165, 1.54) is 11.0 Å². The first-order chi connectivity index (χ1) is 11.8. The summed E-state index contributed by atoms with van der Waals surface area (Å²) in [4.78, 5) is 14.3. The number of anilines is 1. The van der Waals surface area contributed by atoms with E-state index in [0.29, 0.717) is 12.2 Å². The fourth-order valence-corrected chi connectivity index (χ4v) is 3.47. The van der Waals surface area contributed by atoms with Crippen molar-refractivity contribution in [3.8, 4) is 5.75 Å². The minimum absolute atomic E-state index is 0.0263. The lowest BCUT2D eigenvalue weighted by molar-refractivity contribution is -0.145. The lowest BCUT2D eigenvalue weighted by Crippen LogP contribution is -2.55. The quantitative estimate of drug-likeness (QED) is 0.873. The van der Waals surface area contributed by atoms with Crippen LogP contribution in [0.2, 0.25) is 5.02 Å². The van der Waals surface area contributed by atoms with E-state index in [1.54, 1.807) is 0 Å². The molecule has 2 aliphatic rings. The molecule has 3 rings (SSSR count). The second-order valence-electron chi connectivity index (χ2n) is 5.88. The van der Waals surface area contributed by atoms with Gasteiger partial charge in [-0.1, -0.05) is 11.6 Å². The van der Waals surface area contributed by atoms with Crippen molar-refractivity contribution in [3.05, 3.63) is 23.0 Å². The molecule has 0 radical (unpaired) electrons. The first-order valence-corrected chi connectivity index (χ1v) is 8.03. The highest BCUT2D eigenvalue weighted by molar-refractivity contribution is 6.32. The summed E-state index contributed by atoms with van der Waals surface area (Å²) in [6.45, 7) is -2.64. The molecule has 1 amide bonds. The normalized spacial score (nSPS) is 22.9. The standard InChI is InChI=1S/C15H16ClF3N2O4/c16-11-3-8(17)4-12-13(11)25-10(7-24-14(18)19)5-9-6-20(15(22)23)1-2-21(9)12/h3-4,9-10,14H,1-2,5-7H2,(H,22,23). The van der Waals surface area contributed by atoms with Gasteiger partial charge in [-0.15, -0.1) is 0 Å². The Morgan fingerprint density at radius 3 is 2.88 bits per heavy atom. The van der Waals surface area contributed by atoms with Crippen LogP contribution in [0.5, 0.6) is 5.75 Å². The lowest BCUT2D eigenvalue weighted by atomic mass is 10.0. The van der Waals surface area contributed by atoms with E-state index in [0.717, 1.165) is 6.07 Å². The Morgan fingerprint density at radius 2 is 2.20 bits per heavy atom. The Kier molecular flexibility index (Phi) is 5.14. The Balaban J connectivity index is 1.93. The van der Waals surface area contributed by atoms with Gasteiger partial charge in [-0.2, -0.15) is 8.78 Å². The summed E-state index contributed by atoms with van der Waals surface area (Å²) < 4.78 is 48.6. The van der Waals surface area contributed by atoms with Crippen molar-refractivity contribution >= 4 is 23.4 Å². The Hall–Kier alpha value is -1.87. The third-order valence-electron chi connectivity index (χ3n) is 4.28. The molecule has 1 N–H and O–H groups in total. The zero-order valence-corrected chi connectivity index (χ0v) is 13.8. The number of piperazine rings is 1. The zero-order chi connectivity index (χ0) is 18.1. The van der Waals surface area contributed by atoms with Crippen LogP contribution in [0.3, 0.4) is 0 Å². The molecule has 2 unspecified atom stereocenters. The average Bonchev–Trinajstić information content (AvgIpc) is 2.69. The molecule has 10 heteroatoms. The summed E-state index contributed by atoms with van der Waals surface area (Å²) in [6.07, 6.45) is -1.59. The number of rotatable bonds is 3. The number of carboxylic acid groups (broad SMARTS) is 1. The summed E-state index contributed by atoms with van der Waals surface area (Å²) in [5, 5.41) is 9.22. The number of hydrogen-bond donors (Lipinski definition) is 1. The van der Waals surface area contributed by atoms with E-state index in [2.05, 4.69) is 4.74 Å². The number of fused-ring (bicyclic) bond motifs is 3. The molecule has 0 saturated carbocycles. The summed E-state index contributed by atoms with van der Waals surface area (Å²) in [5.41, 5.74) is 0.389. The number of amides is 1. The molecule has 1 aromatic carbocycles. The molecule has 138 valence electrons. The molecule has 2 heterocycles. The lowest BCUT2D eigenvalue weighted by Gasteiger charge is -2.41. The number of alkyl halides is 2. The molecule has 0 aromatic heterocycles. The number of benzene rings is 1. The Bertz CT molecular complexity index is 664. The molecule has 0 aliphatic carbocycles. The monoisotopic (exact) mass is 380 g/mol. The van der Waals surface area contributed by atoms with Gasteiger partial charge < -0.3 is 24.4 Å². The molecule has 2 atom stereocenters. The van der Waals surface area contributed by atoms with E-state index >= 15 is 0 Å². The molecule has 6 nitrogen and oxygen atoms in total. The number of nitrogens with zero attached hydrogens (tertiary/aromatic N) is 2. The van der Waals surface area contributed by atoms with Crippen molar-refractivity contribution in [3.63, 3.8) is 0 Å². The minimum Gasteiger partial charge on any atom is -0.484 e. The highest BCUT2D eigenvalue weighted by Gasteiger charge is 2.37. The minimum atomic E-state index is -2.95. The summed E-state index contributed by atoms with van der Waals surface area (Å²) in [7, 11) is 0. The summed E-state index contributed by atoms with van der Waals surface area (Å²) in [6, 6.07) is 1.97. The second-order valence-corrected chi connectivity index (χ2v) is 6.29. The predicted octanol–water partition coefficient (Wildman–Crippen LogP) is 3.04. The van der Waals surface area contributed by atoms with E-state index < -0.39 is 24.6 Å². The second kappa shape index (κ2) is 7.17. The molecule has 1 aromatic rings. The van der Waals surface area contributed by atoms with Crippen molar-refractivity contribution in [2.75, 3.05) is 31.1 Å². The largest absolute Gasteiger partial charge is 0.484 e. The summed E-state index contributed by atoms with van der Waals surface area (Å²) >= 11 is 6.07. The van der Waals surface area contributed by atoms with Gasteiger partial charge in [-0.3, -0.25) is 0 Å². The van der Waals surface area contributed by atoms with E-state index in [9.17, 15) is 23.1 Å². The Labute approximate surface area is 146 Å². The van der Waals surface area contributed by atoms with Gasteiger partial charge in [0.05, 0.1) is 23.4 Å². The van der Waals surface area contributed by atoms with Crippen LogP contribution in [0.25, 0.3) is 0 Å². The van der Waals surface area contributed by atoms with Gasteiger partial charge in [0.2, 0.25) is 0 Å². The van der Waals surface area contributed by atoms with Gasteiger partial charge in [-0.05, 0) is 6.07 Å². The van der Waals surface area contributed by atoms with Crippen LogP contribution in [-0.4, -0.2) is 61.1 Å². The van der Waals surface area contributed by atoms with Gasteiger partial charge in [-0.25, -0.2) is 9.18 Å². The van der Waals surface area contributed by atoms with Crippen LogP contribution < -0.4 is 9.64 Å². The van der Waals surface area contributed by atoms with Crippen molar-refractivity contribution in [2.45, 2.75) is 25.2 Å². The SMILES string of the molecule is O=C(O)N1CCN2c3cc(F)cc(Cl)c3OC(COC(F)F)CC2C1. The highest BCUT2D eigenvalue weighted by Crippen LogP contribution is 2.42. The number of ether oxygens (including phenoxy) is 2. The molecule has 0 bridgehead atoms. The van der Waals surface area contributed by atoms with Crippen LogP contribution in [-0.2, 0) is 4.74 Å². The maximum absolute atomic E-state index is 13.8. The number of carbonyl (C=O) groups is 1. The molecule has 1 saturated heterocycles. The van der Waals surface area contributed by atoms with Crippen molar-refractivity contribution in [2.24, 2.45) is 0 Å². The predicted molar refractivity (Wildman–Crippen MR) is 83.1 cm³/mol. The maximum Gasteiger partial charge on any atom is 0.407 e. The van der Waals surface area contributed by atoms with E-state index in [-0.39, 0.29) is 42.9 Å². The third-order valence-corrected chi connectivity index (χ3v) is 4.56. The van der Waals surface area contributed by atoms with Crippen LogP contribution in [0.1, 0.15) is 6.42 Å². The van der Waals surface area contributed by atoms with Crippen molar-refractivity contribution in [1.29, 1.82) is 0 Å². The van der Waals surface area contributed by atoms with Crippen LogP contribution in [0.4, 0.5) is 23.7 Å². The number of halogens is 4. The van der Waals surface area contributed by atoms with Crippen molar-refractivity contribution in [1.82, 2.24) is 4.90 Å². The molecular weight excluding hydrogens is 365 g/mol. The molecule has 1 fully saturated rings. The van der Waals surface area contributed by atoms with Crippen LogP contribution >= 0.6 is 11.6 Å². The van der Waals surface area contributed by atoms with Gasteiger partial charge in [0.15, 0.2) is 5.75 Å². The smallest absolute Gasteiger partial charge is 0.407 e. The zero-order valence-electron chi connectivity index (χ0n) is 13.0. The maximum atomic E-state index is 13.8. The van der Waals surface area contributed by atoms with E-state index in [1.807, 2.05) is 4.90 Å². The van der Waals surface area contributed by atoms with E-state index in [4.69, 9.17) is 16.3 Å². The van der Waals surface area contributed by atoms with Crippen LogP contribution in [0, 0.1) is 5.82 Å². The van der Waals surface area contributed by atoms with Gasteiger partial charge in [0.1, 0.15) is 11.9 Å². The fraction of sp³-hybridized carbons (Fsp3) is 0.533. The first kappa shape index (κ1) is 17.9. The van der Waals surface area contributed by atoms with Gasteiger partial charge in [0, 0.05) is 32.1 Å². The molecule has 2 aliphatic heterocycles. The Morgan fingerprint density at radius 1 is 1.44 bits per heavy atom. The number of hydrogen-bond acceptors (Lipinski definition) is 4. The fourth-order valence-electron chi connectivity index (χ4n) is 3.23. The highest BCUT2D eigenvalue weighted by atomic mass is 35.5. The molecule has 25 heavy (non-hydrogen) atoms. The molecule has 0 spiro atoms. The van der Waals surface area contributed by atoms with Crippen molar-refractivity contribution < 1.29 is 32.5 Å². The summed E-state index contributed by atoms with van der Waals surface area (Å²) in [5.74, 6) is -0.369. The van der Waals surface area contributed by atoms with Gasteiger partial charge in [0.25, 0.3) is 0 Å². The average molecular weight is 381 g/mol. The van der Waals surface area contributed by atoms with Gasteiger partial charge >= 0.3 is 12.7 Å². The molecular formula is C15H16ClF3N2O4. The topological polar surface area (TPSA) is 62.2 Å². The van der Waals surface area contributed by atoms with Crippen LogP contribution in [0.15, 0.2) is 12.1 Å². The first-order valence-electron chi connectivity index (χ1n) is 7.65. The third kappa shape index (κ3) is 3.87.